The normalized spacial score (nSPS) is 10.3. The van der Waals surface area contributed by atoms with Crippen LogP contribution >= 0.6 is 0 Å². The van der Waals surface area contributed by atoms with E-state index in [1.54, 1.807) is 0 Å². The van der Waals surface area contributed by atoms with Gasteiger partial charge in [-0.25, -0.2) is 13.0 Å². The van der Waals surface area contributed by atoms with Gasteiger partial charge in [0, 0.05) is 12.1 Å². The van der Waals surface area contributed by atoms with Crippen LogP contribution in [0.15, 0.2) is 30.6 Å². The third-order valence-electron chi connectivity index (χ3n) is 1.40. The van der Waals surface area contributed by atoms with Crippen molar-refractivity contribution in [2.45, 2.75) is 20.4 Å². The molecular formula is C9H15NO4S. The van der Waals surface area contributed by atoms with Crippen LogP contribution in [0.4, 0.5) is 0 Å². The summed E-state index contributed by atoms with van der Waals surface area (Å²) in [6.07, 6.45) is 4.11. The number of aryl methyl sites for hydroxylation is 1. The number of nitrogens with zero attached hydrogens (tertiary/aromatic N) is 1. The van der Waals surface area contributed by atoms with Gasteiger partial charge in [-0.3, -0.25) is 4.18 Å². The zero-order chi connectivity index (χ0) is 11.7. The number of rotatable bonds is 3. The van der Waals surface area contributed by atoms with Gasteiger partial charge in [0.1, 0.15) is 6.54 Å². The van der Waals surface area contributed by atoms with Gasteiger partial charge in [-0.2, -0.15) is 0 Å². The second-order valence-electron chi connectivity index (χ2n) is 2.52. The molecule has 0 saturated carbocycles. The lowest BCUT2D eigenvalue weighted by molar-refractivity contribution is -0.693. The Labute approximate surface area is 90.3 Å². The molecule has 1 aromatic rings. The molecule has 0 aromatic carbocycles. The highest BCUT2D eigenvalue weighted by Gasteiger charge is 1.86. The van der Waals surface area contributed by atoms with Crippen LogP contribution in [0.1, 0.15) is 13.8 Å². The molecule has 1 heterocycles. The summed E-state index contributed by atoms with van der Waals surface area (Å²) in [6, 6.07) is 6.08. The van der Waals surface area contributed by atoms with E-state index in [-0.39, 0.29) is 6.61 Å². The summed E-state index contributed by atoms with van der Waals surface area (Å²) in [6.45, 7) is 4.52. The molecule has 0 amide bonds. The Morgan fingerprint density at radius 1 is 1.20 bits per heavy atom. The molecule has 0 spiro atoms. The number of aromatic nitrogens is 1. The van der Waals surface area contributed by atoms with Crippen molar-refractivity contribution in [2.24, 2.45) is 0 Å². The van der Waals surface area contributed by atoms with E-state index in [1.807, 2.05) is 18.2 Å². The lowest BCUT2D eigenvalue weighted by atomic mass is 10.5. The molecule has 0 bridgehead atoms. The summed E-state index contributed by atoms with van der Waals surface area (Å²) < 4.78 is 34.1. The quantitative estimate of drug-likeness (QED) is 0.432. The predicted molar refractivity (Wildman–Crippen MR) is 53.6 cm³/mol. The first-order valence-corrected chi connectivity index (χ1v) is 5.87. The fourth-order valence-electron chi connectivity index (χ4n) is 0.789. The Morgan fingerprint density at radius 3 is 1.93 bits per heavy atom. The molecule has 0 fully saturated rings. The van der Waals surface area contributed by atoms with Gasteiger partial charge in [0.05, 0.1) is 6.61 Å². The molecule has 5 nitrogen and oxygen atoms in total. The van der Waals surface area contributed by atoms with Crippen LogP contribution in [-0.2, 0) is 21.1 Å². The maximum Gasteiger partial charge on any atom is 0.217 e. The molecule has 0 unspecified atom stereocenters. The molecule has 0 aliphatic heterocycles. The van der Waals surface area contributed by atoms with Crippen molar-refractivity contribution in [3.8, 4) is 0 Å². The van der Waals surface area contributed by atoms with Crippen molar-refractivity contribution in [2.75, 3.05) is 6.61 Å². The standard InChI is InChI=1S/C7H10N.C2H6O4S/c1-2-8-6-4-3-5-7-8;1-2-6-7(3,4)5/h3-7H,2H2,1H3;2H2,1H3,(H,3,4,5)/q+1;/p-1. The minimum atomic E-state index is -4.42. The van der Waals surface area contributed by atoms with E-state index in [1.165, 1.54) is 6.92 Å². The van der Waals surface area contributed by atoms with Gasteiger partial charge in [0.25, 0.3) is 0 Å². The maximum absolute atomic E-state index is 9.45. The smallest absolute Gasteiger partial charge is 0.217 e. The first kappa shape index (κ1) is 14.0. The first-order chi connectivity index (χ1) is 6.99. The molecule has 1 aromatic heterocycles. The SMILES string of the molecule is CCOS(=O)(=O)[O-].CC[n+]1ccccc1. The monoisotopic (exact) mass is 233 g/mol. The maximum atomic E-state index is 9.45. The fourth-order valence-corrected chi connectivity index (χ4v) is 1.08. The van der Waals surface area contributed by atoms with Crippen molar-refractivity contribution in [1.82, 2.24) is 0 Å². The van der Waals surface area contributed by atoms with E-state index in [0.29, 0.717) is 0 Å². The molecule has 15 heavy (non-hydrogen) atoms. The third kappa shape index (κ3) is 9.33. The fraction of sp³-hybridized carbons (Fsp3) is 0.444. The van der Waals surface area contributed by atoms with E-state index in [9.17, 15) is 13.0 Å². The Kier molecular flexibility index (Phi) is 6.85. The minimum Gasteiger partial charge on any atom is -0.726 e. The topological polar surface area (TPSA) is 70.3 Å². The van der Waals surface area contributed by atoms with Gasteiger partial charge in [0.15, 0.2) is 12.4 Å². The Bertz CT molecular complexity index is 350. The van der Waals surface area contributed by atoms with Crippen molar-refractivity contribution in [1.29, 1.82) is 0 Å². The third-order valence-corrected chi connectivity index (χ3v) is 1.93. The lowest BCUT2D eigenvalue weighted by Gasteiger charge is -2.02. The highest BCUT2D eigenvalue weighted by atomic mass is 32.3. The highest BCUT2D eigenvalue weighted by Crippen LogP contribution is 1.80. The summed E-state index contributed by atoms with van der Waals surface area (Å²) >= 11 is 0. The average Bonchev–Trinajstić information content (AvgIpc) is 2.18. The Balaban J connectivity index is 0.000000265. The molecule has 0 aliphatic carbocycles. The zero-order valence-electron chi connectivity index (χ0n) is 8.79. The largest absolute Gasteiger partial charge is 0.726 e. The summed E-state index contributed by atoms with van der Waals surface area (Å²) in [5, 5.41) is 0. The van der Waals surface area contributed by atoms with Crippen LogP contribution in [0.3, 0.4) is 0 Å². The first-order valence-electron chi connectivity index (χ1n) is 4.54. The molecule has 0 saturated heterocycles. The molecule has 1 rings (SSSR count). The Morgan fingerprint density at radius 2 is 1.73 bits per heavy atom. The predicted octanol–water partition coefficient (Wildman–Crippen LogP) is 0.477. The second-order valence-corrected chi connectivity index (χ2v) is 3.57. The van der Waals surface area contributed by atoms with Gasteiger partial charge < -0.3 is 4.55 Å². The van der Waals surface area contributed by atoms with E-state index in [0.717, 1.165) is 6.54 Å². The number of hydrogen-bond donors (Lipinski definition) is 0. The van der Waals surface area contributed by atoms with Gasteiger partial charge in [-0.15, -0.1) is 0 Å². The van der Waals surface area contributed by atoms with E-state index in [4.69, 9.17) is 0 Å². The average molecular weight is 233 g/mol. The van der Waals surface area contributed by atoms with Crippen molar-refractivity contribution < 1.29 is 21.7 Å². The lowest BCUT2D eigenvalue weighted by Crippen LogP contribution is -2.30. The van der Waals surface area contributed by atoms with Gasteiger partial charge in [0.2, 0.25) is 10.4 Å². The summed E-state index contributed by atoms with van der Waals surface area (Å²) in [4.78, 5) is 0. The molecule has 6 heteroatoms. The van der Waals surface area contributed by atoms with Crippen molar-refractivity contribution in [3.05, 3.63) is 30.6 Å². The Hall–Kier alpha value is -0.980. The van der Waals surface area contributed by atoms with Crippen LogP contribution in [0.2, 0.25) is 0 Å². The summed E-state index contributed by atoms with van der Waals surface area (Å²) in [7, 11) is -4.42. The molecule has 0 aliphatic rings. The summed E-state index contributed by atoms with van der Waals surface area (Å²) in [5.74, 6) is 0. The van der Waals surface area contributed by atoms with E-state index >= 15 is 0 Å². The van der Waals surface area contributed by atoms with Crippen LogP contribution < -0.4 is 4.57 Å². The van der Waals surface area contributed by atoms with Crippen molar-refractivity contribution in [3.63, 3.8) is 0 Å². The molecular weight excluding hydrogens is 218 g/mol. The molecule has 0 atom stereocenters. The van der Waals surface area contributed by atoms with Crippen LogP contribution in [0.5, 0.6) is 0 Å². The van der Waals surface area contributed by atoms with Gasteiger partial charge in [-0.1, -0.05) is 6.07 Å². The van der Waals surface area contributed by atoms with Gasteiger partial charge in [-0.05, 0) is 13.8 Å². The highest BCUT2D eigenvalue weighted by molar-refractivity contribution is 7.80. The minimum absolute atomic E-state index is 0.0914. The van der Waals surface area contributed by atoms with E-state index < -0.39 is 10.4 Å². The van der Waals surface area contributed by atoms with Crippen LogP contribution in [-0.4, -0.2) is 19.6 Å². The van der Waals surface area contributed by atoms with Crippen molar-refractivity contribution >= 4 is 10.4 Å². The van der Waals surface area contributed by atoms with E-state index in [2.05, 4.69) is 28.1 Å². The van der Waals surface area contributed by atoms with Crippen LogP contribution in [0, 0.1) is 0 Å². The molecule has 86 valence electrons. The number of hydrogen-bond acceptors (Lipinski definition) is 4. The van der Waals surface area contributed by atoms with Gasteiger partial charge >= 0.3 is 0 Å². The van der Waals surface area contributed by atoms with Crippen LogP contribution in [0.25, 0.3) is 0 Å². The molecule has 0 N–H and O–H groups in total. The summed E-state index contributed by atoms with van der Waals surface area (Å²) in [5.41, 5.74) is 0. The zero-order valence-corrected chi connectivity index (χ0v) is 9.61. The second kappa shape index (κ2) is 7.33. The number of pyridine rings is 1. The molecule has 0 radical (unpaired) electrons.